The molecule has 4 rings (SSSR count). The van der Waals surface area contributed by atoms with E-state index in [-0.39, 0.29) is 10.4 Å². The van der Waals surface area contributed by atoms with Gasteiger partial charge < -0.3 is 0 Å². The topological polar surface area (TPSA) is 34.1 Å². The molecule has 2 aliphatic rings. The lowest BCUT2D eigenvalue weighted by Gasteiger charge is -2.11. The monoisotopic (exact) mass is 410 g/mol. The highest BCUT2D eigenvalue weighted by atomic mass is 35.5. The van der Waals surface area contributed by atoms with Gasteiger partial charge in [-0.3, -0.25) is 0 Å². The van der Waals surface area contributed by atoms with E-state index < -0.39 is 26.3 Å². The first-order valence-electron chi connectivity index (χ1n) is 8.26. The molecular formula is C20H14ClF3O2S. The molecule has 2 aromatic rings. The Kier molecular flexibility index (Phi) is 4.24. The maximum atomic E-state index is 13.9. The molecule has 0 saturated heterocycles. The summed E-state index contributed by atoms with van der Waals surface area (Å²) in [6, 6.07) is 9.93. The Labute approximate surface area is 159 Å². The van der Waals surface area contributed by atoms with Crippen molar-refractivity contribution in [2.45, 2.75) is 23.5 Å². The van der Waals surface area contributed by atoms with Crippen LogP contribution in [0.4, 0.5) is 13.2 Å². The fraction of sp³-hybridized carbons (Fsp3) is 0.200. The average molecular weight is 411 g/mol. The molecule has 1 fully saturated rings. The minimum atomic E-state index is -4.64. The predicted octanol–water partition coefficient (Wildman–Crippen LogP) is 5.74. The van der Waals surface area contributed by atoms with Crippen LogP contribution in [0.25, 0.3) is 11.1 Å². The van der Waals surface area contributed by atoms with Gasteiger partial charge in [-0.25, -0.2) is 12.8 Å². The third kappa shape index (κ3) is 3.21. The Balaban J connectivity index is 1.74. The highest BCUT2D eigenvalue weighted by Crippen LogP contribution is 2.57. The summed E-state index contributed by atoms with van der Waals surface area (Å²) in [4.78, 5) is -0.427. The summed E-state index contributed by atoms with van der Waals surface area (Å²) in [6.45, 7) is 0. The zero-order chi connectivity index (χ0) is 19.4. The van der Waals surface area contributed by atoms with Gasteiger partial charge in [-0.05, 0) is 59.4 Å². The largest absolute Gasteiger partial charge is 0.341 e. The summed E-state index contributed by atoms with van der Waals surface area (Å²) in [5.41, 5.74) is 2.95. The number of hydrogen-bond acceptors (Lipinski definition) is 2. The van der Waals surface area contributed by atoms with Gasteiger partial charge in [0.15, 0.2) is 0 Å². The molecule has 0 aromatic heterocycles. The van der Waals surface area contributed by atoms with Crippen molar-refractivity contribution in [1.29, 1.82) is 0 Å². The molecule has 1 saturated carbocycles. The van der Waals surface area contributed by atoms with Crippen LogP contribution in [-0.2, 0) is 9.84 Å². The SMILES string of the molecule is O=S(=O)(c1ccc(C2=CC3(C=C2c2ccc(Cl)c(F)c2)CC3)cc1)C(F)F. The summed E-state index contributed by atoms with van der Waals surface area (Å²) in [7, 11) is -4.64. The third-order valence-corrected chi connectivity index (χ3v) is 6.65. The van der Waals surface area contributed by atoms with E-state index in [4.69, 9.17) is 11.6 Å². The Bertz CT molecular complexity index is 1080. The molecule has 0 aliphatic heterocycles. The number of allylic oxidation sites excluding steroid dienone is 4. The van der Waals surface area contributed by atoms with Crippen molar-refractivity contribution in [2.24, 2.45) is 5.41 Å². The molecule has 0 amide bonds. The minimum absolute atomic E-state index is 0.0329. The summed E-state index contributed by atoms with van der Waals surface area (Å²) >= 11 is 5.77. The van der Waals surface area contributed by atoms with Crippen molar-refractivity contribution < 1.29 is 21.6 Å². The van der Waals surface area contributed by atoms with Gasteiger partial charge in [-0.1, -0.05) is 42.0 Å². The van der Waals surface area contributed by atoms with Crippen molar-refractivity contribution in [3.63, 3.8) is 0 Å². The van der Waals surface area contributed by atoms with Crippen LogP contribution in [0.2, 0.25) is 5.02 Å². The van der Waals surface area contributed by atoms with E-state index in [9.17, 15) is 21.6 Å². The summed E-state index contributed by atoms with van der Waals surface area (Å²) in [5.74, 6) is -3.99. The standard InChI is InChI=1S/C20H14ClF3O2S/c21-17-6-3-13(9-18(17)22)16-11-20(7-8-20)10-15(16)12-1-4-14(5-2-12)27(25,26)19(23)24/h1-6,9-11,19H,7-8H2. The Morgan fingerprint density at radius 1 is 0.926 bits per heavy atom. The fourth-order valence-corrected chi connectivity index (χ4v) is 4.11. The van der Waals surface area contributed by atoms with Crippen LogP contribution in [0, 0.1) is 11.2 Å². The molecule has 140 valence electrons. The van der Waals surface area contributed by atoms with Crippen molar-refractivity contribution in [3.05, 3.63) is 76.6 Å². The van der Waals surface area contributed by atoms with Gasteiger partial charge in [0.2, 0.25) is 9.84 Å². The van der Waals surface area contributed by atoms with Crippen molar-refractivity contribution in [3.8, 4) is 0 Å². The summed E-state index contributed by atoms with van der Waals surface area (Å²) < 4.78 is 62.5. The summed E-state index contributed by atoms with van der Waals surface area (Å²) in [6.07, 6.45) is 6.11. The van der Waals surface area contributed by atoms with E-state index in [1.807, 2.05) is 0 Å². The second-order valence-electron chi connectivity index (χ2n) is 6.81. The van der Waals surface area contributed by atoms with Gasteiger partial charge in [0.25, 0.3) is 0 Å². The van der Waals surface area contributed by atoms with Crippen LogP contribution < -0.4 is 0 Å². The van der Waals surface area contributed by atoms with Crippen LogP contribution in [0.3, 0.4) is 0 Å². The first-order valence-corrected chi connectivity index (χ1v) is 10.2. The number of halogens is 4. The Hall–Kier alpha value is -2.05. The maximum absolute atomic E-state index is 13.9. The van der Waals surface area contributed by atoms with E-state index in [0.29, 0.717) is 11.1 Å². The maximum Gasteiger partial charge on any atom is 0.341 e. The van der Waals surface area contributed by atoms with Crippen LogP contribution in [0.1, 0.15) is 24.0 Å². The van der Waals surface area contributed by atoms with E-state index in [1.54, 1.807) is 6.07 Å². The van der Waals surface area contributed by atoms with Crippen LogP contribution in [-0.4, -0.2) is 14.2 Å². The number of rotatable bonds is 4. The van der Waals surface area contributed by atoms with Gasteiger partial charge in [0.05, 0.1) is 9.92 Å². The number of benzene rings is 2. The second-order valence-corrected chi connectivity index (χ2v) is 9.13. The van der Waals surface area contributed by atoms with E-state index in [1.165, 1.54) is 36.4 Å². The first-order chi connectivity index (χ1) is 12.7. The molecule has 0 N–H and O–H groups in total. The van der Waals surface area contributed by atoms with E-state index in [2.05, 4.69) is 12.2 Å². The molecule has 27 heavy (non-hydrogen) atoms. The van der Waals surface area contributed by atoms with Gasteiger partial charge in [0.1, 0.15) is 5.82 Å². The molecule has 2 aliphatic carbocycles. The van der Waals surface area contributed by atoms with Gasteiger partial charge in [-0.15, -0.1) is 0 Å². The van der Waals surface area contributed by atoms with Crippen molar-refractivity contribution >= 4 is 32.6 Å². The zero-order valence-corrected chi connectivity index (χ0v) is 15.5. The molecule has 0 unspecified atom stereocenters. The fourth-order valence-electron chi connectivity index (χ4n) is 3.27. The third-order valence-electron chi connectivity index (χ3n) is 4.94. The zero-order valence-electron chi connectivity index (χ0n) is 13.9. The number of alkyl halides is 2. The lowest BCUT2D eigenvalue weighted by Crippen LogP contribution is -2.11. The average Bonchev–Trinajstić information content (AvgIpc) is 3.28. The first kappa shape index (κ1) is 18.3. The minimum Gasteiger partial charge on any atom is -0.218 e. The Morgan fingerprint density at radius 2 is 1.48 bits per heavy atom. The Morgan fingerprint density at radius 3 is 2.00 bits per heavy atom. The van der Waals surface area contributed by atoms with Crippen molar-refractivity contribution in [2.75, 3.05) is 0 Å². The lowest BCUT2D eigenvalue weighted by atomic mass is 9.95. The molecule has 0 atom stereocenters. The molecular weight excluding hydrogens is 397 g/mol. The van der Waals surface area contributed by atoms with Crippen LogP contribution in [0.5, 0.6) is 0 Å². The quantitative estimate of drug-likeness (QED) is 0.644. The molecule has 0 bridgehead atoms. The molecule has 0 heterocycles. The van der Waals surface area contributed by atoms with Gasteiger partial charge >= 0.3 is 5.76 Å². The highest BCUT2D eigenvalue weighted by molar-refractivity contribution is 7.91. The van der Waals surface area contributed by atoms with Gasteiger partial charge in [0, 0.05) is 5.41 Å². The van der Waals surface area contributed by atoms with Crippen molar-refractivity contribution in [1.82, 2.24) is 0 Å². The predicted molar refractivity (Wildman–Crippen MR) is 98.7 cm³/mol. The molecule has 7 heteroatoms. The molecule has 2 aromatic carbocycles. The molecule has 2 nitrogen and oxygen atoms in total. The molecule has 1 spiro atoms. The highest BCUT2D eigenvalue weighted by Gasteiger charge is 2.43. The lowest BCUT2D eigenvalue weighted by molar-refractivity contribution is 0.234. The van der Waals surface area contributed by atoms with Crippen LogP contribution in [0.15, 0.2) is 59.5 Å². The van der Waals surface area contributed by atoms with Gasteiger partial charge in [-0.2, -0.15) is 8.78 Å². The number of sulfone groups is 1. The number of hydrogen-bond donors (Lipinski definition) is 0. The van der Waals surface area contributed by atoms with E-state index in [0.717, 1.165) is 24.0 Å². The van der Waals surface area contributed by atoms with Crippen LogP contribution >= 0.6 is 11.6 Å². The smallest absolute Gasteiger partial charge is 0.218 e. The van der Waals surface area contributed by atoms with E-state index >= 15 is 0 Å². The second kappa shape index (κ2) is 6.24. The summed E-state index contributed by atoms with van der Waals surface area (Å²) in [5, 5.41) is 0.0329. The normalized spacial score (nSPS) is 18.0. The molecule has 0 radical (unpaired) electrons.